The van der Waals surface area contributed by atoms with Crippen LogP contribution in [0.15, 0.2) is 12.3 Å². The van der Waals surface area contributed by atoms with Crippen LogP contribution in [0.1, 0.15) is 16.8 Å². The van der Waals surface area contributed by atoms with Crippen LogP contribution in [-0.2, 0) is 6.54 Å². The summed E-state index contributed by atoms with van der Waals surface area (Å²) in [4.78, 5) is 6.80. The Bertz CT molecular complexity index is 330. The quantitative estimate of drug-likeness (QED) is 0.784. The molecule has 0 spiro atoms. The molecule has 3 nitrogen and oxygen atoms in total. The minimum absolute atomic E-state index is 1.07. The fourth-order valence-electron chi connectivity index (χ4n) is 1.97. The summed E-state index contributed by atoms with van der Waals surface area (Å²) >= 11 is 0. The van der Waals surface area contributed by atoms with Gasteiger partial charge in [-0.25, -0.2) is 0 Å². The second-order valence-electron chi connectivity index (χ2n) is 4.21. The Morgan fingerprint density at radius 3 is 2.80 bits per heavy atom. The van der Waals surface area contributed by atoms with Gasteiger partial charge in [0.2, 0.25) is 0 Å². The normalized spacial score (nSPS) is 18.0. The molecule has 1 fully saturated rings. The molecule has 1 aliphatic rings. The van der Waals surface area contributed by atoms with Gasteiger partial charge in [-0.05, 0) is 31.0 Å². The predicted octanol–water partition coefficient (Wildman–Crippen LogP) is 1.10. The highest BCUT2D eigenvalue weighted by Gasteiger charge is 2.11. The molecule has 15 heavy (non-hydrogen) atoms. The van der Waals surface area contributed by atoms with Crippen LogP contribution in [0.4, 0.5) is 0 Å². The maximum atomic E-state index is 4.30. The lowest BCUT2D eigenvalue weighted by Gasteiger charge is -2.27. The molecule has 0 amide bonds. The minimum atomic E-state index is 1.07. The summed E-state index contributed by atoms with van der Waals surface area (Å²) in [7, 11) is 0. The molecule has 0 aromatic carbocycles. The molecule has 0 bridgehead atoms. The number of aromatic nitrogens is 1. The van der Waals surface area contributed by atoms with Crippen LogP contribution in [-0.4, -0.2) is 36.1 Å². The van der Waals surface area contributed by atoms with Gasteiger partial charge < -0.3 is 5.32 Å². The van der Waals surface area contributed by atoms with E-state index < -0.39 is 0 Å². The first kappa shape index (κ1) is 10.6. The van der Waals surface area contributed by atoms with E-state index in [4.69, 9.17) is 0 Å². The number of nitrogens with one attached hydrogen (secondary N) is 1. The molecule has 1 aliphatic heterocycles. The number of hydrogen-bond acceptors (Lipinski definition) is 3. The Labute approximate surface area is 91.5 Å². The third kappa shape index (κ3) is 2.55. The number of rotatable bonds is 2. The lowest BCUT2D eigenvalue weighted by Crippen LogP contribution is -2.43. The SMILES string of the molecule is Cc1nccc(CN2CCNCC2)c1C. The van der Waals surface area contributed by atoms with Crippen molar-refractivity contribution in [2.24, 2.45) is 0 Å². The minimum Gasteiger partial charge on any atom is -0.314 e. The van der Waals surface area contributed by atoms with E-state index >= 15 is 0 Å². The van der Waals surface area contributed by atoms with Crippen LogP contribution < -0.4 is 5.32 Å². The summed E-state index contributed by atoms with van der Waals surface area (Å²) in [5.74, 6) is 0. The summed E-state index contributed by atoms with van der Waals surface area (Å²) in [5, 5.41) is 3.37. The zero-order valence-corrected chi connectivity index (χ0v) is 9.58. The molecule has 0 unspecified atom stereocenters. The van der Waals surface area contributed by atoms with Crippen LogP contribution in [0.3, 0.4) is 0 Å². The summed E-state index contributed by atoms with van der Waals surface area (Å²) in [6, 6.07) is 2.14. The van der Waals surface area contributed by atoms with E-state index in [1.807, 2.05) is 6.20 Å². The Morgan fingerprint density at radius 1 is 1.33 bits per heavy atom. The third-order valence-corrected chi connectivity index (χ3v) is 3.17. The van der Waals surface area contributed by atoms with Gasteiger partial charge in [0.25, 0.3) is 0 Å². The van der Waals surface area contributed by atoms with E-state index in [2.05, 4.69) is 35.1 Å². The molecule has 82 valence electrons. The molecule has 0 saturated carbocycles. The lowest BCUT2D eigenvalue weighted by atomic mass is 10.1. The van der Waals surface area contributed by atoms with E-state index in [9.17, 15) is 0 Å². The molecule has 2 rings (SSSR count). The van der Waals surface area contributed by atoms with E-state index in [0.29, 0.717) is 0 Å². The van der Waals surface area contributed by atoms with Gasteiger partial charge in [-0.1, -0.05) is 0 Å². The van der Waals surface area contributed by atoms with Crippen LogP contribution >= 0.6 is 0 Å². The van der Waals surface area contributed by atoms with Crippen molar-refractivity contribution in [1.29, 1.82) is 0 Å². The van der Waals surface area contributed by atoms with Crippen LogP contribution in [0, 0.1) is 13.8 Å². The number of hydrogen-bond donors (Lipinski definition) is 1. The second-order valence-corrected chi connectivity index (χ2v) is 4.21. The van der Waals surface area contributed by atoms with E-state index in [1.165, 1.54) is 11.1 Å². The van der Waals surface area contributed by atoms with Crippen LogP contribution in [0.25, 0.3) is 0 Å². The molecule has 0 atom stereocenters. The third-order valence-electron chi connectivity index (χ3n) is 3.17. The number of nitrogens with zero attached hydrogens (tertiary/aromatic N) is 2. The van der Waals surface area contributed by atoms with Gasteiger partial charge in [-0.2, -0.15) is 0 Å². The summed E-state index contributed by atoms with van der Waals surface area (Å²) in [6.07, 6.45) is 1.92. The van der Waals surface area contributed by atoms with Gasteiger partial charge in [0.1, 0.15) is 0 Å². The number of pyridine rings is 1. The largest absolute Gasteiger partial charge is 0.314 e. The highest BCUT2D eigenvalue weighted by Crippen LogP contribution is 2.12. The topological polar surface area (TPSA) is 28.2 Å². The highest BCUT2D eigenvalue weighted by atomic mass is 15.2. The highest BCUT2D eigenvalue weighted by molar-refractivity contribution is 5.27. The first-order valence-corrected chi connectivity index (χ1v) is 5.61. The van der Waals surface area contributed by atoms with Gasteiger partial charge in [-0.3, -0.25) is 9.88 Å². The maximum absolute atomic E-state index is 4.30. The average molecular weight is 205 g/mol. The maximum Gasteiger partial charge on any atom is 0.0405 e. The molecule has 1 saturated heterocycles. The first-order chi connectivity index (χ1) is 7.27. The Kier molecular flexibility index (Phi) is 3.34. The van der Waals surface area contributed by atoms with Crippen molar-refractivity contribution in [3.05, 3.63) is 29.1 Å². The fraction of sp³-hybridized carbons (Fsp3) is 0.583. The fourth-order valence-corrected chi connectivity index (χ4v) is 1.97. The van der Waals surface area contributed by atoms with Gasteiger partial charge in [-0.15, -0.1) is 0 Å². The molecule has 0 radical (unpaired) electrons. The number of piperazine rings is 1. The van der Waals surface area contributed by atoms with Crippen molar-refractivity contribution in [2.45, 2.75) is 20.4 Å². The Hall–Kier alpha value is -0.930. The van der Waals surface area contributed by atoms with E-state index in [-0.39, 0.29) is 0 Å². The molecule has 2 heterocycles. The van der Waals surface area contributed by atoms with Crippen molar-refractivity contribution in [3.63, 3.8) is 0 Å². The van der Waals surface area contributed by atoms with Crippen LogP contribution in [0.5, 0.6) is 0 Å². The molecule has 0 aliphatic carbocycles. The molecule has 1 aromatic heterocycles. The van der Waals surface area contributed by atoms with Crippen molar-refractivity contribution in [3.8, 4) is 0 Å². The molecule has 3 heteroatoms. The van der Waals surface area contributed by atoms with Gasteiger partial charge >= 0.3 is 0 Å². The first-order valence-electron chi connectivity index (χ1n) is 5.61. The Balaban J connectivity index is 2.06. The van der Waals surface area contributed by atoms with Crippen molar-refractivity contribution in [2.75, 3.05) is 26.2 Å². The van der Waals surface area contributed by atoms with Crippen molar-refractivity contribution in [1.82, 2.24) is 15.2 Å². The zero-order valence-electron chi connectivity index (χ0n) is 9.58. The monoisotopic (exact) mass is 205 g/mol. The van der Waals surface area contributed by atoms with Gasteiger partial charge in [0.05, 0.1) is 0 Å². The predicted molar refractivity (Wildman–Crippen MR) is 61.9 cm³/mol. The smallest absolute Gasteiger partial charge is 0.0405 e. The standard InChI is InChI=1S/C12H19N3/c1-10-11(2)14-4-3-12(10)9-15-7-5-13-6-8-15/h3-4,13H,5-9H2,1-2H3. The summed E-state index contributed by atoms with van der Waals surface area (Å²) in [6.45, 7) is 9.85. The average Bonchev–Trinajstić information content (AvgIpc) is 2.26. The molecule has 1 aromatic rings. The van der Waals surface area contributed by atoms with E-state index in [1.54, 1.807) is 0 Å². The van der Waals surface area contributed by atoms with Gasteiger partial charge in [0, 0.05) is 44.6 Å². The lowest BCUT2D eigenvalue weighted by molar-refractivity contribution is 0.232. The molecular formula is C12H19N3. The van der Waals surface area contributed by atoms with Crippen molar-refractivity contribution < 1.29 is 0 Å². The van der Waals surface area contributed by atoms with Crippen LogP contribution in [0.2, 0.25) is 0 Å². The summed E-state index contributed by atoms with van der Waals surface area (Å²) < 4.78 is 0. The summed E-state index contributed by atoms with van der Waals surface area (Å²) in [5.41, 5.74) is 3.92. The number of aryl methyl sites for hydroxylation is 1. The second kappa shape index (κ2) is 4.73. The Morgan fingerprint density at radius 2 is 2.07 bits per heavy atom. The van der Waals surface area contributed by atoms with Crippen molar-refractivity contribution >= 4 is 0 Å². The molecule has 1 N–H and O–H groups in total. The van der Waals surface area contributed by atoms with Gasteiger partial charge in [0.15, 0.2) is 0 Å². The molecular weight excluding hydrogens is 186 g/mol. The zero-order chi connectivity index (χ0) is 10.7. The van der Waals surface area contributed by atoms with E-state index in [0.717, 1.165) is 38.4 Å².